The molecule has 0 aliphatic heterocycles. The van der Waals surface area contributed by atoms with Gasteiger partial charge in [0.1, 0.15) is 0 Å². The maximum absolute atomic E-state index is 10.7. The van der Waals surface area contributed by atoms with Gasteiger partial charge in [0.15, 0.2) is 0 Å². The molecule has 2 rings (SSSR count). The summed E-state index contributed by atoms with van der Waals surface area (Å²) in [6.45, 7) is 1.76. The van der Waals surface area contributed by atoms with E-state index in [0.29, 0.717) is 5.92 Å². The molecule has 1 N–H and O–H groups in total. The van der Waals surface area contributed by atoms with Crippen LogP contribution in [-0.4, -0.2) is 16.1 Å². The van der Waals surface area contributed by atoms with Gasteiger partial charge in [0.25, 0.3) is 0 Å². The van der Waals surface area contributed by atoms with E-state index in [1.165, 1.54) is 23.4 Å². The number of hydrogen-bond acceptors (Lipinski definition) is 3. The highest BCUT2D eigenvalue weighted by atomic mass is 32.1. The van der Waals surface area contributed by atoms with Gasteiger partial charge >= 0.3 is 5.97 Å². The van der Waals surface area contributed by atoms with E-state index >= 15 is 0 Å². The standard InChI is InChI=1S/C11H15NO2S/c1-7(11(13)14)2-5-9-10(8-3-4-8)12-6-15-9/h6-8H,2-5H2,1H3,(H,13,14). The van der Waals surface area contributed by atoms with Crippen LogP contribution >= 0.6 is 11.3 Å². The number of hydrogen-bond donors (Lipinski definition) is 1. The zero-order chi connectivity index (χ0) is 10.8. The van der Waals surface area contributed by atoms with Crippen LogP contribution in [0, 0.1) is 5.92 Å². The summed E-state index contributed by atoms with van der Waals surface area (Å²) in [7, 11) is 0. The van der Waals surface area contributed by atoms with Crippen LogP contribution in [0.1, 0.15) is 42.7 Å². The van der Waals surface area contributed by atoms with E-state index in [9.17, 15) is 4.79 Å². The zero-order valence-corrected chi connectivity index (χ0v) is 9.59. The van der Waals surface area contributed by atoms with Gasteiger partial charge < -0.3 is 5.11 Å². The maximum atomic E-state index is 10.7. The molecule has 1 aromatic heterocycles. The molecular weight excluding hydrogens is 210 g/mol. The first kappa shape index (κ1) is 10.6. The monoisotopic (exact) mass is 225 g/mol. The molecule has 0 spiro atoms. The highest BCUT2D eigenvalue weighted by molar-refractivity contribution is 7.09. The van der Waals surface area contributed by atoms with Crippen LogP contribution < -0.4 is 0 Å². The van der Waals surface area contributed by atoms with Gasteiger partial charge in [-0.15, -0.1) is 11.3 Å². The molecule has 1 fully saturated rings. The molecule has 1 atom stereocenters. The summed E-state index contributed by atoms with van der Waals surface area (Å²) in [5.74, 6) is -0.280. The van der Waals surface area contributed by atoms with Crippen LogP contribution in [0.15, 0.2) is 5.51 Å². The van der Waals surface area contributed by atoms with E-state index in [0.717, 1.165) is 12.8 Å². The molecule has 0 radical (unpaired) electrons. The Bertz CT molecular complexity index is 357. The molecule has 1 heterocycles. The minimum atomic E-state index is -0.701. The number of nitrogens with zero attached hydrogens (tertiary/aromatic N) is 1. The minimum absolute atomic E-state index is 0.251. The molecule has 4 heteroatoms. The van der Waals surface area contributed by atoms with E-state index in [4.69, 9.17) is 5.11 Å². The first-order valence-corrected chi connectivity index (χ1v) is 6.21. The number of carboxylic acids is 1. The van der Waals surface area contributed by atoms with Crippen molar-refractivity contribution in [3.63, 3.8) is 0 Å². The summed E-state index contributed by atoms with van der Waals surface area (Å²) >= 11 is 1.67. The van der Waals surface area contributed by atoms with Crippen LogP contribution in [-0.2, 0) is 11.2 Å². The van der Waals surface area contributed by atoms with Gasteiger partial charge in [0.2, 0.25) is 0 Å². The van der Waals surface area contributed by atoms with E-state index in [1.54, 1.807) is 18.3 Å². The Balaban J connectivity index is 1.92. The smallest absolute Gasteiger partial charge is 0.306 e. The van der Waals surface area contributed by atoms with Gasteiger partial charge in [0, 0.05) is 10.8 Å². The van der Waals surface area contributed by atoms with Gasteiger partial charge in [-0.3, -0.25) is 4.79 Å². The Morgan fingerprint density at radius 2 is 2.47 bits per heavy atom. The highest BCUT2D eigenvalue weighted by Gasteiger charge is 2.28. The summed E-state index contributed by atoms with van der Waals surface area (Å²) in [5, 5.41) is 8.79. The van der Waals surface area contributed by atoms with Crippen molar-refractivity contribution in [3.05, 3.63) is 16.1 Å². The van der Waals surface area contributed by atoms with E-state index < -0.39 is 5.97 Å². The fourth-order valence-corrected chi connectivity index (χ4v) is 2.50. The molecular formula is C11H15NO2S. The summed E-state index contributed by atoms with van der Waals surface area (Å²) in [4.78, 5) is 16.3. The third-order valence-corrected chi connectivity index (χ3v) is 3.77. The molecule has 0 saturated heterocycles. The minimum Gasteiger partial charge on any atom is -0.481 e. The molecule has 15 heavy (non-hydrogen) atoms. The quantitative estimate of drug-likeness (QED) is 0.838. The van der Waals surface area contributed by atoms with Gasteiger partial charge in [-0.1, -0.05) is 6.92 Å². The lowest BCUT2D eigenvalue weighted by Gasteiger charge is -2.05. The van der Waals surface area contributed by atoms with Crippen LogP contribution in [0.25, 0.3) is 0 Å². The average molecular weight is 225 g/mol. The second-order valence-corrected chi connectivity index (χ2v) is 5.15. The lowest BCUT2D eigenvalue weighted by atomic mass is 10.0. The topological polar surface area (TPSA) is 50.2 Å². The lowest BCUT2D eigenvalue weighted by Crippen LogP contribution is -2.10. The summed E-state index contributed by atoms with van der Waals surface area (Å²) < 4.78 is 0. The second-order valence-electron chi connectivity index (χ2n) is 4.21. The second kappa shape index (κ2) is 4.31. The first-order valence-electron chi connectivity index (χ1n) is 5.33. The van der Waals surface area contributed by atoms with Crippen LogP contribution in [0.5, 0.6) is 0 Å². The molecule has 0 bridgehead atoms. The Hall–Kier alpha value is -0.900. The summed E-state index contributed by atoms with van der Waals surface area (Å²) in [6.07, 6.45) is 4.09. The van der Waals surface area contributed by atoms with Crippen molar-refractivity contribution >= 4 is 17.3 Å². The number of aryl methyl sites for hydroxylation is 1. The van der Waals surface area contributed by atoms with E-state index in [2.05, 4.69) is 4.98 Å². The highest BCUT2D eigenvalue weighted by Crippen LogP contribution is 2.42. The number of rotatable bonds is 5. The third kappa shape index (κ3) is 2.56. The van der Waals surface area contributed by atoms with Crippen LogP contribution in [0.3, 0.4) is 0 Å². The zero-order valence-electron chi connectivity index (χ0n) is 8.77. The van der Waals surface area contributed by atoms with Crippen molar-refractivity contribution < 1.29 is 9.90 Å². The molecule has 1 aliphatic rings. The Labute approximate surface area is 93.2 Å². The van der Waals surface area contributed by atoms with Crippen molar-refractivity contribution in [2.75, 3.05) is 0 Å². The molecule has 0 amide bonds. The van der Waals surface area contributed by atoms with Crippen molar-refractivity contribution in [1.29, 1.82) is 0 Å². The van der Waals surface area contributed by atoms with Gasteiger partial charge in [-0.05, 0) is 25.7 Å². The van der Waals surface area contributed by atoms with Gasteiger partial charge in [-0.25, -0.2) is 4.98 Å². The molecule has 1 unspecified atom stereocenters. The fourth-order valence-electron chi connectivity index (χ4n) is 1.63. The number of aliphatic carboxylic acids is 1. The van der Waals surface area contributed by atoms with Crippen molar-refractivity contribution in [3.8, 4) is 0 Å². The van der Waals surface area contributed by atoms with E-state index in [-0.39, 0.29) is 5.92 Å². The van der Waals surface area contributed by atoms with Crippen LogP contribution in [0.4, 0.5) is 0 Å². The Morgan fingerprint density at radius 3 is 3.07 bits per heavy atom. The molecule has 1 aromatic rings. The number of carbonyl (C=O) groups is 1. The third-order valence-electron chi connectivity index (χ3n) is 2.86. The van der Waals surface area contributed by atoms with Crippen molar-refractivity contribution in [2.24, 2.45) is 5.92 Å². The van der Waals surface area contributed by atoms with E-state index in [1.807, 2.05) is 5.51 Å². The predicted molar refractivity (Wildman–Crippen MR) is 59.2 cm³/mol. The van der Waals surface area contributed by atoms with Crippen LogP contribution in [0.2, 0.25) is 0 Å². The van der Waals surface area contributed by atoms with Crippen molar-refractivity contribution in [2.45, 2.75) is 38.5 Å². The number of aromatic nitrogens is 1. The first-order chi connectivity index (χ1) is 7.18. The number of thiazole rings is 1. The number of carboxylic acid groups (broad SMARTS) is 1. The SMILES string of the molecule is CC(CCc1scnc1C1CC1)C(=O)O. The lowest BCUT2D eigenvalue weighted by molar-refractivity contribution is -0.141. The normalized spacial score (nSPS) is 17.7. The maximum Gasteiger partial charge on any atom is 0.306 e. The molecule has 82 valence electrons. The summed E-state index contributed by atoms with van der Waals surface area (Å²) in [6, 6.07) is 0. The molecule has 3 nitrogen and oxygen atoms in total. The summed E-state index contributed by atoms with van der Waals surface area (Å²) in [5.41, 5.74) is 3.12. The Morgan fingerprint density at radius 1 is 1.73 bits per heavy atom. The fraction of sp³-hybridized carbons (Fsp3) is 0.636. The Kier molecular flexibility index (Phi) is 3.05. The largest absolute Gasteiger partial charge is 0.481 e. The molecule has 1 saturated carbocycles. The molecule has 1 aliphatic carbocycles. The van der Waals surface area contributed by atoms with Crippen molar-refractivity contribution in [1.82, 2.24) is 4.98 Å². The van der Waals surface area contributed by atoms with Gasteiger partial charge in [0.05, 0.1) is 17.1 Å². The predicted octanol–water partition coefficient (Wildman–Crippen LogP) is 2.67. The average Bonchev–Trinajstić information content (AvgIpc) is 2.94. The molecule has 0 aromatic carbocycles. The van der Waals surface area contributed by atoms with Gasteiger partial charge in [-0.2, -0.15) is 0 Å².